The largest absolute Gasteiger partial charge is 0.493 e. The molecular weight excluding hydrogens is 454 g/mol. The third-order valence-electron chi connectivity index (χ3n) is 4.77. The van der Waals surface area contributed by atoms with Gasteiger partial charge in [0.05, 0.1) is 38.5 Å². The highest BCUT2D eigenvalue weighted by atomic mass is 35.5. The van der Waals surface area contributed by atoms with Crippen LogP contribution in [0.1, 0.15) is 15.9 Å². The lowest BCUT2D eigenvalue weighted by Crippen LogP contribution is -2.21. The van der Waals surface area contributed by atoms with Crippen molar-refractivity contribution in [3.8, 4) is 17.2 Å². The molecular formula is C22H20ClN3O7. The van der Waals surface area contributed by atoms with E-state index in [-0.39, 0.29) is 40.6 Å². The summed E-state index contributed by atoms with van der Waals surface area (Å²) in [6, 6.07) is 10.9. The number of carbonyl (C=O) groups is 1. The number of methoxy groups -OCH3 is 3. The Hall–Kier alpha value is -4.05. The molecule has 0 atom stereocenters. The van der Waals surface area contributed by atoms with E-state index < -0.39 is 16.5 Å². The summed E-state index contributed by atoms with van der Waals surface area (Å²) in [5, 5.41) is 14.8. The van der Waals surface area contributed by atoms with Crippen LogP contribution in [0.3, 0.4) is 0 Å². The Kier molecular flexibility index (Phi) is 7.19. The molecule has 0 spiro atoms. The number of hydrogen-bond donors (Lipinski definition) is 1. The fourth-order valence-electron chi connectivity index (χ4n) is 3.23. The summed E-state index contributed by atoms with van der Waals surface area (Å²) in [4.78, 5) is 36.3. The van der Waals surface area contributed by atoms with E-state index in [0.717, 1.165) is 0 Å². The van der Waals surface area contributed by atoms with Crippen molar-refractivity contribution in [3.05, 3.63) is 85.3 Å². The number of nitrogens with zero attached hydrogens (tertiary/aromatic N) is 2. The number of benzene rings is 2. The normalized spacial score (nSPS) is 10.4. The molecule has 0 saturated heterocycles. The zero-order chi connectivity index (χ0) is 24.1. The third-order valence-corrected chi connectivity index (χ3v) is 5.14. The van der Waals surface area contributed by atoms with Crippen molar-refractivity contribution in [1.29, 1.82) is 0 Å². The quantitative estimate of drug-likeness (QED) is 0.390. The Bertz CT molecular complexity index is 1270. The van der Waals surface area contributed by atoms with Gasteiger partial charge in [0.2, 0.25) is 11.5 Å². The van der Waals surface area contributed by atoms with Crippen molar-refractivity contribution in [2.24, 2.45) is 0 Å². The number of carbonyl (C=O) groups excluding carboxylic acids is 1. The second-order valence-electron chi connectivity index (χ2n) is 6.73. The lowest BCUT2D eigenvalue weighted by Gasteiger charge is -2.15. The minimum atomic E-state index is -0.802. The Morgan fingerprint density at radius 3 is 2.39 bits per heavy atom. The van der Waals surface area contributed by atoms with Gasteiger partial charge in [0.1, 0.15) is 5.56 Å². The highest BCUT2D eigenvalue weighted by Crippen LogP contribution is 2.46. The van der Waals surface area contributed by atoms with E-state index in [1.165, 1.54) is 50.3 Å². The van der Waals surface area contributed by atoms with Gasteiger partial charge < -0.3 is 24.1 Å². The number of halogens is 1. The van der Waals surface area contributed by atoms with E-state index in [1.807, 2.05) is 0 Å². The number of hydrogen-bond acceptors (Lipinski definition) is 7. The van der Waals surface area contributed by atoms with Crippen LogP contribution in [0.5, 0.6) is 17.2 Å². The molecule has 0 aliphatic rings. The Balaban J connectivity index is 2.00. The monoisotopic (exact) mass is 473 g/mol. The van der Waals surface area contributed by atoms with E-state index in [4.69, 9.17) is 25.8 Å². The number of rotatable bonds is 8. The molecule has 33 heavy (non-hydrogen) atoms. The first kappa shape index (κ1) is 23.6. The summed E-state index contributed by atoms with van der Waals surface area (Å²) >= 11 is 6.18. The highest BCUT2D eigenvalue weighted by molar-refractivity contribution is 6.31. The molecule has 0 aliphatic heterocycles. The van der Waals surface area contributed by atoms with Crippen molar-refractivity contribution < 1.29 is 23.9 Å². The topological polar surface area (TPSA) is 122 Å². The second kappa shape index (κ2) is 10.0. The number of pyridine rings is 1. The summed E-state index contributed by atoms with van der Waals surface area (Å²) in [5.41, 5.74) is -0.248. The molecule has 0 radical (unpaired) electrons. The summed E-state index contributed by atoms with van der Waals surface area (Å²) in [6.07, 6.45) is 1.42. The number of amides is 1. The van der Waals surface area contributed by atoms with E-state index in [1.54, 1.807) is 24.3 Å². The third kappa shape index (κ3) is 4.90. The summed E-state index contributed by atoms with van der Waals surface area (Å²) in [6.45, 7) is 0.173. The molecule has 1 aromatic heterocycles. The fraction of sp³-hybridized carbons (Fsp3) is 0.182. The first-order chi connectivity index (χ1) is 15.8. The summed E-state index contributed by atoms with van der Waals surface area (Å²) < 4.78 is 16.9. The molecule has 11 heteroatoms. The smallest absolute Gasteiger partial charge is 0.327 e. The SMILES string of the molecule is COc1cc(C(=O)Nc2ccc(=O)n(Cc3ccccc3Cl)c2)c([N+](=O)[O-])c(OC)c1OC. The number of nitrogens with one attached hydrogen (secondary N) is 1. The standard InChI is InChI=1S/C22H20ClN3O7/c1-31-17-10-15(19(26(29)30)21(33-3)20(17)32-2)22(28)24-14-8-9-18(27)25(12-14)11-13-6-4-5-7-16(13)23/h4-10,12H,11H2,1-3H3,(H,24,28). The number of ether oxygens (including phenoxy) is 3. The van der Waals surface area contributed by atoms with Crippen LogP contribution in [0.25, 0.3) is 0 Å². The van der Waals surface area contributed by atoms with Gasteiger partial charge in [-0.25, -0.2) is 0 Å². The molecule has 1 N–H and O–H groups in total. The minimum Gasteiger partial charge on any atom is -0.493 e. The van der Waals surface area contributed by atoms with E-state index >= 15 is 0 Å². The molecule has 0 bridgehead atoms. The number of anilines is 1. The lowest BCUT2D eigenvalue weighted by atomic mass is 10.1. The molecule has 3 rings (SSSR count). The predicted molar refractivity (Wildman–Crippen MR) is 122 cm³/mol. The van der Waals surface area contributed by atoms with E-state index in [0.29, 0.717) is 10.6 Å². The molecule has 3 aromatic rings. The van der Waals surface area contributed by atoms with E-state index in [9.17, 15) is 19.7 Å². The van der Waals surface area contributed by atoms with Gasteiger partial charge in [0.25, 0.3) is 11.5 Å². The van der Waals surface area contributed by atoms with Gasteiger partial charge in [-0.2, -0.15) is 0 Å². The first-order valence-corrected chi connectivity index (χ1v) is 9.91. The average molecular weight is 474 g/mol. The van der Waals surface area contributed by atoms with E-state index in [2.05, 4.69) is 5.32 Å². The van der Waals surface area contributed by atoms with Gasteiger partial charge in [-0.3, -0.25) is 19.7 Å². The molecule has 0 aliphatic carbocycles. The summed E-state index contributed by atoms with van der Waals surface area (Å²) in [7, 11) is 3.85. The molecule has 0 fully saturated rings. The molecule has 10 nitrogen and oxygen atoms in total. The van der Waals surface area contributed by atoms with Gasteiger partial charge >= 0.3 is 5.69 Å². The first-order valence-electron chi connectivity index (χ1n) is 9.53. The zero-order valence-corrected chi connectivity index (χ0v) is 18.7. The van der Waals surface area contributed by atoms with Gasteiger partial charge in [0.15, 0.2) is 5.75 Å². The van der Waals surface area contributed by atoms with Crippen LogP contribution < -0.4 is 25.1 Å². The Morgan fingerprint density at radius 1 is 1.09 bits per heavy atom. The molecule has 1 amide bonds. The van der Waals surface area contributed by atoms with Crippen molar-refractivity contribution in [3.63, 3.8) is 0 Å². The van der Waals surface area contributed by atoms with Crippen molar-refractivity contribution in [1.82, 2.24) is 4.57 Å². The van der Waals surface area contributed by atoms with Crippen LogP contribution in [0.4, 0.5) is 11.4 Å². The van der Waals surface area contributed by atoms with Crippen molar-refractivity contribution in [2.45, 2.75) is 6.54 Å². The van der Waals surface area contributed by atoms with Crippen LogP contribution in [0.2, 0.25) is 5.02 Å². The fourth-order valence-corrected chi connectivity index (χ4v) is 3.43. The van der Waals surface area contributed by atoms with Crippen LogP contribution in [0, 0.1) is 10.1 Å². The zero-order valence-electron chi connectivity index (χ0n) is 18.0. The Labute approximate surface area is 193 Å². The maximum atomic E-state index is 13.0. The molecule has 1 heterocycles. The van der Waals surface area contributed by atoms with Gasteiger partial charge in [-0.15, -0.1) is 0 Å². The van der Waals surface area contributed by atoms with Crippen LogP contribution in [-0.4, -0.2) is 36.7 Å². The van der Waals surface area contributed by atoms with Crippen molar-refractivity contribution in [2.75, 3.05) is 26.6 Å². The molecule has 172 valence electrons. The van der Waals surface area contributed by atoms with Gasteiger partial charge in [0, 0.05) is 23.4 Å². The van der Waals surface area contributed by atoms with Crippen LogP contribution in [0.15, 0.2) is 53.5 Å². The summed E-state index contributed by atoms with van der Waals surface area (Å²) in [5.74, 6) is -0.995. The number of aromatic nitrogens is 1. The second-order valence-corrected chi connectivity index (χ2v) is 7.14. The maximum absolute atomic E-state index is 13.0. The average Bonchev–Trinajstić information content (AvgIpc) is 2.80. The van der Waals surface area contributed by atoms with Gasteiger partial charge in [-0.05, 0) is 17.7 Å². The molecule has 0 unspecified atom stereocenters. The predicted octanol–water partition coefficient (Wildman–Crippen LogP) is 3.74. The highest BCUT2D eigenvalue weighted by Gasteiger charge is 2.32. The number of nitro groups is 1. The van der Waals surface area contributed by atoms with Crippen LogP contribution in [-0.2, 0) is 6.54 Å². The molecule has 0 saturated carbocycles. The van der Waals surface area contributed by atoms with Crippen molar-refractivity contribution >= 4 is 28.9 Å². The van der Waals surface area contributed by atoms with Crippen LogP contribution >= 0.6 is 11.6 Å². The number of nitro benzene ring substituents is 1. The lowest BCUT2D eigenvalue weighted by molar-refractivity contribution is -0.386. The maximum Gasteiger partial charge on any atom is 0.327 e. The molecule has 2 aromatic carbocycles. The van der Waals surface area contributed by atoms with Gasteiger partial charge in [-0.1, -0.05) is 29.8 Å². The minimum absolute atomic E-state index is 0.0171. The Morgan fingerprint density at radius 2 is 1.79 bits per heavy atom.